The fourth-order valence-electron chi connectivity index (χ4n) is 2.61. The Morgan fingerprint density at radius 2 is 1.73 bits per heavy atom. The van der Waals surface area contributed by atoms with Crippen molar-refractivity contribution in [3.8, 4) is 0 Å². The predicted molar refractivity (Wildman–Crippen MR) is 80.0 cm³/mol. The van der Waals surface area contributed by atoms with Crippen LogP contribution in [0.1, 0.15) is 32.9 Å². The Kier molecular flexibility index (Phi) is 3.85. The molecule has 1 aliphatic heterocycles. The van der Waals surface area contributed by atoms with Crippen molar-refractivity contribution in [1.29, 1.82) is 0 Å². The fraction of sp³-hybridized carbons (Fsp3) is 0.600. The molecule has 0 aromatic carbocycles. The van der Waals surface area contributed by atoms with Gasteiger partial charge in [-0.15, -0.1) is 0 Å². The van der Waals surface area contributed by atoms with Gasteiger partial charge in [0, 0.05) is 32.3 Å². The topological polar surface area (TPSA) is 81.4 Å². The highest BCUT2D eigenvalue weighted by Crippen LogP contribution is 2.39. The first-order chi connectivity index (χ1) is 10.1. The maximum absolute atomic E-state index is 12.6. The SMILES string of the molecule is CC(C)C1(C)CC(=O)N(Cc2cc(=O)n(C)c(=O)n2C)C1=O. The molecule has 7 nitrogen and oxygen atoms in total. The molecule has 0 radical (unpaired) electrons. The van der Waals surface area contributed by atoms with E-state index in [1.54, 1.807) is 6.92 Å². The van der Waals surface area contributed by atoms with Crippen molar-refractivity contribution in [2.75, 3.05) is 0 Å². The third kappa shape index (κ3) is 2.30. The second-order valence-corrected chi connectivity index (χ2v) is 6.41. The van der Waals surface area contributed by atoms with Gasteiger partial charge in [0.25, 0.3) is 5.56 Å². The van der Waals surface area contributed by atoms with Crippen LogP contribution in [0.2, 0.25) is 0 Å². The minimum absolute atomic E-state index is 0.0291. The van der Waals surface area contributed by atoms with Crippen molar-refractivity contribution in [3.05, 3.63) is 32.6 Å². The number of hydrogen-bond acceptors (Lipinski definition) is 4. The lowest BCUT2D eigenvalue weighted by Gasteiger charge is -2.26. The molecule has 2 rings (SSSR count). The van der Waals surface area contributed by atoms with Crippen LogP contribution in [0.4, 0.5) is 0 Å². The summed E-state index contributed by atoms with van der Waals surface area (Å²) in [7, 11) is 2.90. The maximum Gasteiger partial charge on any atom is 0.330 e. The molecule has 1 saturated heterocycles. The number of amides is 2. The first-order valence-corrected chi connectivity index (χ1v) is 7.20. The molecule has 0 bridgehead atoms. The molecule has 2 amide bonds. The van der Waals surface area contributed by atoms with Crippen LogP contribution in [0.25, 0.3) is 0 Å². The summed E-state index contributed by atoms with van der Waals surface area (Å²) in [6.45, 7) is 5.54. The molecule has 120 valence electrons. The average molecular weight is 307 g/mol. The van der Waals surface area contributed by atoms with Gasteiger partial charge in [-0.25, -0.2) is 4.79 Å². The first kappa shape index (κ1) is 16.2. The largest absolute Gasteiger partial charge is 0.330 e. The van der Waals surface area contributed by atoms with Crippen LogP contribution in [-0.2, 0) is 30.2 Å². The molecule has 1 atom stereocenters. The Morgan fingerprint density at radius 1 is 1.14 bits per heavy atom. The number of rotatable bonds is 3. The summed E-state index contributed by atoms with van der Waals surface area (Å²) in [5.41, 5.74) is -1.31. The lowest BCUT2D eigenvalue weighted by Crippen LogP contribution is -2.41. The summed E-state index contributed by atoms with van der Waals surface area (Å²) < 4.78 is 2.27. The van der Waals surface area contributed by atoms with Gasteiger partial charge in [-0.05, 0) is 12.8 Å². The van der Waals surface area contributed by atoms with Crippen molar-refractivity contribution in [3.63, 3.8) is 0 Å². The third-order valence-electron chi connectivity index (χ3n) is 4.77. The second-order valence-electron chi connectivity index (χ2n) is 6.41. The van der Waals surface area contributed by atoms with Crippen LogP contribution in [0.3, 0.4) is 0 Å². The molecule has 0 aliphatic carbocycles. The zero-order chi connectivity index (χ0) is 16.8. The predicted octanol–water partition coefficient (Wildman–Crippen LogP) is 0.00520. The molecule has 1 aromatic rings. The molecule has 1 unspecified atom stereocenters. The number of carbonyl (C=O) groups excluding carboxylic acids is 2. The summed E-state index contributed by atoms with van der Waals surface area (Å²) >= 11 is 0. The molecular formula is C15H21N3O4. The second kappa shape index (κ2) is 5.23. The Labute approximate surface area is 128 Å². The van der Waals surface area contributed by atoms with Gasteiger partial charge in [0.2, 0.25) is 11.8 Å². The standard InChI is InChI=1S/C15H21N3O4/c1-9(2)15(3)7-12(20)18(13(15)21)8-10-6-11(19)17(5)14(22)16(10)4/h6,9H,7-8H2,1-5H3. The summed E-state index contributed by atoms with van der Waals surface area (Å²) in [5, 5.41) is 0. The average Bonchev–Trinajstić information content (AvgIpc) is 2.66. The van der Waals surface area contributed by atoms with Crippen LogP contribution < -0.4 is 11.2 Å². The van der Waals surface area contributed by atoms with E-state index >= 15 is 0 Å². The van der Waals surface area contributed by atoms with Crippen LogP contribution in [0, 0.1) is 11.3 Å². The van der Waals surface area contributed by atoms with Gasteiger partial charge in [-0.1, -0.05) is 13.8 Å². The van der Waals surface area contributed by atoms with Gasteiger partial charge < -0.3 is 0 Å². The zero-order valence-electron chi connectivity index (χ0n) is 13.5. The number of imide groups is 1. The number of nitrogens with zero attached hydrogens (tertiary/aromatic N) is 3. The summed E-state index contributed by atoms with van der Waals surface area (Å²) in [6.07, 6.45) is 0.155. The Bertz CT molecular complexity index is 759. The maximum atomic E-state index is 12.6. The normalized spacial score (nSPS) is 22.0. The minimum Gasteiger partial charge on any atom is -0.299 e. The van der Waals surface area contributed by atoms with Gasteiger partial charge in [-0.3, -0.25) is 28.4 Å². The van der Waals surface area contributed by atoms with Crippen molar-refractivity contribution < 1.29 is 9.59 Å². The van der Waals surface area contributed by atoms with E-state index in [0.717, 1.165) is 9.47 Å². The molecule has 1 aromatic heterocycles. The molecule has 22 heavy (non-hydrogen) atoms. The van der Waals surface area contributed by atoms with Crippen molar-refractivity contribution >= 4 is 11.8 Å². The highest BCUT2D eigenvalue weighted by molar-refractivity contribution is 6.05. The van der Waals surface area contributed by atoms with Crippen molar-refractivity contribution in [1.82, 2.24) is 14.0 Å². The molecule has 1 aliphatic rings. The van der Waals surface area contributed by atoms with E-state index in [-0.39, 0.29) is 30.7 Å². The fourth-order valence-corrected chi connectivity index (χ4v) is 2.61. The van der Waals surface area contributed by atoms with E-state index in [2.05, 4.69) is 0 Å². The summed E-state index contributed by atoms with van der Waals surface area (Å²) in [4.78, 5) is 49.6. The number of aromatic nitrogens is 2. The first-order valence-electron chi connectivity index (χ1n) is 7.20. The van der Waals surface area contributed by atoms with E-state index in [9.17, 15) is 19.2 Å². The Morgan fingerprint density at radius 3 is 2.23 bits per heavy atom. The Hall–Kier alpha value is -2.18. The molecule has 2 heterocycles. The van der Waals surface area contributed by atoms with Gasteiger partial charge in [0.05, 0.1) is 12.0 Å². The summed E-state index contributed by atoms with van der Waals surface area (Å²) in [6, 6.07) is 1.28. The van der Waals surface area contributed by atoms with Crippen molar-refractivity contribution in [2.24, 2.45) is 25.4 Å². The number of carbonyl (C=O) groups is 2. The van der Waals surface area contributed by atoms with Gasteiger partial charge >= 0.3 is 5.69 Å². The van der Waals surface area contributed by atoms with Crippen molar-refractivity contribution in [2.45, 2.75) is 33.7 Å². The van der Waals surface area contributed by atoms with E-state index in [4.69, 9.17) is 0 Å². The van der Waals surface area contributed by atoms with Crippen LogP contribution in [0.5, 0.6) is 0 Å². The zero-order valence-corrected chi connectivity index (χ0v) is 13.5. The minimum atomic E-state index is -0.726. The quantitative estimate of drug-likeness (QED) is 0.736. The third-order valence-corrected chi connectivity index (χ3v) is 4.77. The van der Waals surface area contributed by atoms with E-state index in [1.165, 1.54) is 24.7 Å². The highest BCUT2D eigenvalue weighted by Gasteiger charge is 2.49. The Balaban J connectivity index is 2.41. The molecular weight excluding hydrogens is 286 g/mol. The molecule has 0 saturated carbocycles. The molecule has 1 fully saturated rings. The monoisotopic (exact) mass is 307 g/mol. The lowest BCUT2D eigenvalue weighted by atomic mass is 9.78. The van der Waals surface area contributed by atoms with Gasteiger partial charge in [-0.2, -0.15) is 0 Å². The van der Waals surface area contributed by atoms with Gasteiger partial charge in [0.15, 0.2) is 0 Å². The van der Waals surface area contributed by atoms with Gasteiger partial charge in [0.1, 0.15) is 0 Å². The van der Waals surface area contributed by atoms with Crippen LogP contribution in [0.15, 0.2) is 15.7 Å². The van der Waals surface area contributed by atoms with E-state index in [0.29, 0.717) is 5.69 Å². The number of hydrogen-bond donors (Lipinski definition) is 0. The molecule has 0 spiro atoms. The smallest absolute Gasteiger partial charge is 0.299 e. The lowest BCUT2D eigenvalue weighted by molar-refractivity contribution is -0.142. The van der Waals surface area contributed by atoms with E-state index < -0.39 is 16.7 Å². The van der Waals surface area contributed by atoms with E-state index in [1.807, 2.05) is 13.8 Å². The highest BCUT2D eigenvalue weighted by atomic mass is 16.2. The molecule has 0 N–H and O–H groups in total. The van der Waals surface area contributed by atoms with Crippen LogP contribution in [-0.4, -0.2) is 25.8 Å². The molecule has 7 heteroatoms. The van der Waals surface area contributed by atoms with Crippen LogP contribution >= 0.6 is 0 Å². The number of likely N-dealkylation sites (tertiary alicyclic amines) is 1. The summed E-state index contributed by atoms with van der Waals surface area (Å²) in [5.74, 6) is -0.489.